The molecule has 2 aliphatic heterocycles. The highest BCUT2D eigenvalue weighted by atomic mass is 32.1. The van der Waals surface area contributed by atoms with Crippen LogP contribution < -0.4 is 10.4 Å². The van der Waals surface area contributed by atoms with Crippen molar-refractivity contribution in [3.05, 3.63) is 10.4 Å². The van der Waals surface area contributed by atoms with E-state index in [1.807, 2.05) is 0 Å². The third kappa shape index (κ3) is 3.28. The number of aromatic nitrogens is 1. The average Bonchev–Trinajstić information content (AvgIpc) is 3.10. The first-order valence-corrected chi connectivity index (χ1v) is 8.89. The summed E-state index contributed by atoms with van der Waals surface area (Å²) < 4.78 is 44.0. The van der Waals surface area contributed by atoms with Gasteiger partial charge in [0, 0.05) is 16.8 Å². The molecular formula is C15H20F3N3O4S. The molecule has 1 aromatic heterocycles. The van der Waals surface area contributed by atoms with E-state index in [0.29, 0.717) is 5.01 Å². The number of ether oxygens (including phenoxy) is 1. The zero-order valence-corrected chi connectivity index (χ0v) is 15.3. The van der Waals surface area contributed by atoms with Crippen LogP contribution in [0.3, 0.4) is 0 Å². The molecule has 1 amide bonds. The number of rotatable bonds is 2. The molecule has 0 spiro atoms. The number of amides is 1. The third-order valence-corrected chi connectivity index (χ3v) is 5.58. The highest BCUT2D eigenvalue weighted by molar-refractivity contribution is 7.10. The van der Waals surface area contributed by atoms with Gasteiger partial charge in [0.05, 0.1) is 13.2 Å². The molecule has 0 aliphatic carbocycles. The number of hydrogen-bond acceptors (Lipinski definition) is 6. The predicted octanol–water partition coefficient (Wildman–Crippen LogP) is 3.12. The van der Waals surface area contributed by atoms with Crippen LogP contribution in [0, 0.1) is 5.92 Å². The normalized spacial score (nSPS) is 29.5. The number of hydrogen-bond donors (Lipinski definition) is 2. The maximum absolute atomic E-state index is 13.0. The molecule has 2 N–H and O–H groups in total. The maximum atomic E-state index is 13.0. The van der Waals surface area contributed by atoms with Gasteiger partial charge in [0.1, 0.15) is 16.4 Å². The van der Waals surface area contributed by atoms with Crippen molar-refractivity contribution in [3.8, 4) is 0 Å². The van der Waals surface area contributed by atoms with Crippen LogP contribution >= 0.6 is 11.3 Å². The Bertz CT molecular complexity index is 690. The number of halogens is 3. The third-order valence-electron chi connectivity index (χ3n) is 4.58. The molecule has 3 heterocycles. The van der Waals surface area contributed by atoms with Gasteiger partial charge in [-0.3, -0.25) is 4.90 Å². The van der Waals surface area contributed by atoms with Crippen molar-refractivity contribution in [2.24, 2.45) is 5.92 Å². The van der Waals surface area contributed by atoms with Gasteiger partial charge in [0.2, 0.25) is 0 Å². The van der Waals surface area contributed by atoms with E-state index >= 15 is 0 Å². The highest BCUT2D eigenvalue weighted by Gasteiger charge is 2.57. The predicted molar refractivity (Wildman–Crippen MR) is 87.0 cm³/mol. The zero-order chi connectivity index (χ0) is 19.3. The Hall–Kier alpha value is -1.43. The Morgan fingerprint density at radius 1 is 1.46 bits per heavy atom. The van der Waals surface area contributed by atoms with E-state index in [4.69, 9.17) is 9.57 Å². The molecular weight excluding hydrogens is 375 g/mol. The summed E-state index contributed by atoms with van der Waals surface area (Å²) in [6, 6.07) is 0. The van der Waals surface area contributed by atoms with Gasteiger partial charge in [0.15, 0.2) is 6.10 Å². The van der Waals surface area contributed by atoms with Crippen LogP contribution in [0.2, 0.25) is 0 Å². The second-order valence-electron chi connectivity index (χ2n) is 7.46. The number of thiazole rings is 1. The summed E-state index contributed by atoms with van der Waals surface area (Å²) in [7, 11) is 0. The first-order chi connectivity index (χ1) is 11.9. The number of carbonyl (C=O) groups is 1. The van der Waals surface area contributed by atoms with Crippen LogP contribution in [0.15, 0.2) is 5.38 Å². The average molecular weight is 395 g/mol. The summed E-state index contributed by atoms with van der Waals surface area (Å²) in [6.07, 6.45) is -7.67. The minimum absolute atomic E-state index is 0.104. The Kier molecular flexibility index (Phi) is 4.70. The lowest BCUT2D eigenvalue weighted by Crippen LogP contribution is -2.54. The number of alkyl halides is 3. The van der Waals surface area contributed by atoms with E-state index < -0.39 is 35.4 Å². The lowest BCUT2D eigenvalue weighted by molar-refractivity contribution is -0.245. The smallest absolute Gasteiger partial charge is 0.414 e. The summed E-state index contributed by atoms with van der Waals surface area (Å²) in [5.41, 5.74) is 1.04. The molecule has 7 nitrogen and oxygen atoms in total. The zero-order valence-electron chi connectivity index (χ0n) is 14.5. The van der Waals surface area contributed by atoms with Gasteiger partial charge in [0.25, 0.3) is 0 Å². The number of anilines is 1. The SMILES string of the molecule is CC(C)(C)N(C(=O)O)c1csc([C@]23CO[C@@H](C(F)(F)F)C[C@H]2CON3)n1. The van der Waals surface area contributed by atoms with E-state index in [1.54, 1.807) is 26.2 Å². The number of fused-ring (bicyclic) bond motifs is 1. The fourth-order valence-corrected chi connectivity index (χ4v) is 4.28. The van der Waals surface area contributed by atoms with Gasteiger partial charge >= 0.3 is 12.3 Å². The second kappa shape index (κ2) is 6.32. The van der Waals surface area contributed by atoms with Gasteiger partial charge in [-0.2, -0.15) is 18.7 Å². The van der Waals surface area contributed by atoms with Crippen molar-refractivity contribution in [1.29, 1.82) is 0 Å². The lowest BCUT2D eigenvalue weighted by atomic mass is 9.81. The Morgan fingerprint density at radius 2 is 2.15 bits per heavy atom. The van der Waals surface area contributed by atoms with Crippen molar-refractivity contribution in [1.82, 2.24) is 10.5 Å². The summed E-state index contributed by atoms with van der Waals surface area (Å²) in [4.78, 5) is 22.4. The highest BCUT2D eigenvalue weighted by Crippen LogP contribution is 2.46. The van der Waals surface area contributed by atoms with E-state index in [2.05, 4.69) is 10.5 Å². The van der Waals surface area contributed by atoms with Crippen molar-refractivity contribution in [3.63, 3.8) is 0 Å². The Balaban J connectivity index is 1.90. The summed E-state index contributed by atoms with van der Waals surface area (Å²) in [6.45, 7) is 5.05. The molecule has 0 unspecified atom stereocenters. The lowest BCUT2D eigenvalue weighted by Gasteiger charge is -2.39. The Labute approximate surface area is 152 Å². The molecule has 26 heavy (non-hydrogen) atoms. The standard InChI is InChI=1S/C15H20F3N3O4S/c1-13(2,3)21(12(22)23)10-6-26-11(19-10)14-7-24-9(15(16,17)18)4-8(14)5-25-20-14/h6,8-9,20H,4-5,7H2,1-3H3,(H,22,23)/t8-,9+,14-/m0/s1. The molecule has 2 aliphatic rings. The van der Waals surface area contributed by atoms with Crippen LogP contribution in [-0.2, 0) is 15.1 Å². The molecule has 3 rings (SSSR count). The van der Waals surface area contributed by atoms with Crippen LogP contribution in [0.1, 0.15) is 32.2 Å². The molecule has 2 fully saturated rings. The number of nitrogens with one attached hydrogen (secondary N) is 1. The van der Waals surface area contributed by atoms with Crippen molar-refractivity contribution < 1.29 is 32.6 Å². The van der Waals surface area contributed by atoms with Gasteiger partial charge in [-0.15, -0.1) is 11.3 Å². The molecule has 0 radical (unpaired) electrons. The summed E-state index contributed by atoms with van der Waals surface area (Å²) in [5.74, 6) is -0.250. The molecule has 146 valence electrons. The van der Waals surface area contributed by atoms with Gasteiger partial charge < -0.3 is 14.7 Å². The number of carboxylic acid groups (broad SMARTS) is 1. The van der Waals surface area contributed by atoms with Crippen LogP contribution in [0.4, 0.5) is 23.8 Å². The molecule has 3 atom stereocenters. The summed E-state index contributed by atoms with van der Waals surface area (Å²) in [5, 5.41) is 11.5. The van der Waals surface area contributed by atoms with E-state index in [1.165, 1.54) is 11.3 Å². The van der Waals surface area contributed by atoms with Crippen molar-refractivity contribution >= 4 is 23.2 Å². The second-order valence-corrected chi connectivity index (χ2v) is 8.32. The number of hydroxylamine groups is 1. The van der Waals surface area contributed by atoms with Gasteiger partial charge in [-0.25, -0.2) is 9.78 Å². The summed E-state index contributed by atoms with van der Waals surface area (Å²) >= 11 is 1.17. The van der Waals surface area contributed by atoms with Crippen LogP contribution in [-0.4, -0.2) is 47.2 Å². The van der Waals surface area contributed by atoms with Gasteiger partial charge in [-0.1, -0.05) is 0 Å². The topological polar surface area (TPSA) is 83.9 Å². The minimum atomic E-state index is -4.44. The fraction of sp³-hybridized carbons (Fsp3) is 0.733. The van der Waals surface area contributed by atoms with Crippen LogP contribution in [0.5, 0.6) is 0 Å². The van der Waals surface area contributed by atoms with E-state index in [0.717, 1.165) is 4.90 Å². The minimum Gasteiger partial charge on any atom is -0.465 e. The quantitative estimate of drug-likeness (QED) is 0.801. The molecule has 0 saturated carbocycles. The van der Waals surface area contributed by atoms with Crippen molar-refractivity contribution in [2.45, 2.75) is 50.6 Å². The molecule has 0 bridgehead atoms. The van der Waals surface area contributed by atoms with E-state index in [9.17, 15) is 23.1 Å². The monoisotopic (exact) mass is 395 g/mol. The maximum Gasteiger partial charge on any atom is 0.414 e. The van der Waals surface area contributed by atoms with Crippen molar-refractivity contribution in [2.75, 3.05) is 18.1 Å². The molecule has 1 aromatic rings. The van der Waals surface area contributed by atoms with Gasteiger partial charge in [-0.05, 0) is 27.2 Å². The van der Waals surface area contributed by atoms with E-state index in [-0.39, 0.29) is 25.5 Å². The first-order valence-electron chi connectivity index (χ1n) is 8.01. The molecule has 0 aromatic carbocycles. The number of nitrogens with zero attached hydrogens (tertiary/aromatic N) is 2. The largest absolute Gasteiger partial charge is 0.465 e. The molecule has 2 saturated heterocycles. The Morgan fingerprint density at radius 3 is 2.73 bits per heavy atom. The molecule has 11 heteroatoms. The fourth-order valence-electron chi connectivity index (χ4n) is 3.28. The van der Waals surface area contributed by atoms with Crippen LogP contribution in [0.25, 0.3) is 0 Å². The first kappa shape index (κ1) is 19.3.